The van der Waals surface area contributed by atoms with Crippen molar-refractivity contribution in [3.05, 3.63) is 72.4 Å². The monoisotopic (exact) mass is 269 g/mol. The molecular formula is C18H23NO. The highest BCUT2D eigenvalue weighted by atomic mass is 16.1. The summed E-state index contributed by atoms with van der Waals surface area (Å²) in [5.74, 6) is 0.0563. The summed E-state index contributed by atoms with van der Waals surface area (Å²) in [6, 6.07) is -0.0857. The molecule has 1 heterocycles. The van der Waals surface area contributed by atoms with Gasteiger partial charge in [-0.05, 0) is 31.9 Å². The van der Waals surface area contributed by atoms with Gasteiger partial charge >= 0.3 is 0 Å². The Morgan fingerprint density at radius 1 is 1.35 bits per heavy atom. The van der Waals surface area contributed by atoms with Gasteiger partial charge in [0, 0.05) is 12.0 Å². The van der Waals surface area contributed by atoms with E-state index in [1.165, 1.54) is 0 Å². The van der Waals surface area contributed by atoms with Gasteiger partial charge in [-0.15, -0.1) is 6.58 Å². The lowest BCUT2D eigenvalue weighted by Gasteiger charge is -2.31. The lowest BCUT2D eigenvalue weighted by molar-refractivity contribution is -0.117. The molecule has 0 fully saturated rings. The van der Waals surface area contributed by atoms with Crippen LogP contribution < -0.4 is 5.32 Å². The van der Waals surface area contributed by atoms with Crippen LogP contribution in [-0.2, 0) is 4.79 Å². The number of allylic oxidation sites excluding steroid dienone is 5. The van der Waals surface area contributed by atoms with Crippen LogP contribution in [0, 0.1) is 5.92 Å². The molecule has 0 radical (unpaired) electrons. The highest BCUT2D eigenvalue weighted by Gasteiger charge is 2.29. The van der Waals surface area contributed by atoms with E-state index in [1.54, 1.807) is 12.2 Å². The maximum Gasteiger partial charge on any atom is 0.244 e. The number of carbonyl (C=O) groups is 1. The summed E-state index contributed by atoms with van der Waals surface area (Å²) in [5, 5.41) is 3.03. The Labute approximate surface area is 122 Å². The molecular weight excluding hydrogens is 246 g/mol. The predicted molar refractivity (Wildman–Crippen MR) is 86.2 cm³/mol. The Hall–Kier alpha value is -2.09. The quantitative estimate of drug-likeness (QED) is 0.596. The smallest absolute Gasteiger partial charge is 0.244 e. The average Bonchev–Trinajstić information content (AvgIpc) is 2.39. The van der Waals surface area contributed by atoms with Crippen molar-refractivity contribution in [2.24, 2.45) is 5.92 Å². The van der Waals surface area contributed by atoms with Crippen LogP contribution in [0.15, 0.2) is 72.4 Å². The molecule has 0 aromatic heterocycles. The van der Waals surface area contributed by atoms with E-state index in [2.05, 4.69) is 18.5 Å². The highest BCUT2D eigenvalue weighted by Crippen LogP contribution is 2.28. The van der Waals surface area contributed by atoms with E-state index in [4.69, 9.17) is 0 Å². The minimum Gasteiger partial charge on any atom is -0.345 e. The first-order chi connectivity index (χ1) is 9.54. The molecule has 0 aromatic carbocycles. The van der Waals surface area contributed by atoms with Gasteiger partial charge in [-0.2, -0.15) is 0 Å². The van der Waals surface area contributed by atoms with E-state index in [1.807, 2.05) is 51.2 Å². The molecule has 1 amide bonds. The molecule has 0 saturated heterocycles. The molecule has 0 saturated carbocycles. The SMILES string of the molecule is C=C\C=C/C(=C(C)/C=C\C)C1NC(=O)C=C(C)C1C=C. The van der Waals surface area contributed by atoms with Gasteiger partial charge in [-0.3, -0.25) is 4.79 Å². The minimum atomic E-state index is -0.0857. The zero-order valence-corrected chi connectivity index (χ0v) is 12.5. The van der Waals surface area contributed by atoms with Crippen molar-refractivity contribution in [2.45, 2.75) is 26.8 Å². The fourth-order valence-electron chi connectivity index (χ4n) is 2.44. The summed E-state index contributed by atoms with van der Waals surface area (Å²) in [6.45, 7) is 13.6. The minimum absolute atomic E-state index is 0.0524. The van der Waals surface area contributed by atoms with Crippen LogP contribution in [0.3, 0.4) is 0 Å². The standard InChI is InChI=1S/C18H23NO/c1-6-9-11-16(13(4)10-7-2)18-15(8-3)14(5)12-17(20)19-18/h6-12,15,18H,1,3H2,2,4-5H3,(H,19,20)/b10-7-,11-9-,16-13-. The van der Waals surface area contributed by atoms with Crippen LogP contribution in [0.25, 0.3) is 0 Å². The Morgan fingerprint density at radius 2 is 2.05 bits per heavy atom. The second-order valence-electron chi connectivity index (χ2n) is 4.87. The molecule has 20 heavy (non-hydrogen) atoms. The first-order valence-electron chi connectivity index (χ1n) is 6.79. The van der Waals surface area contributed by atoms with Gasteiger partial charge in [0.05, 0.1) is 6.04 Å². The normalized spacial score (nSPS) is 24.4. The van der Waals surface area contributed by atoms with Crippen molar-refractivity contribution in [3.8, 4) is 0 Å². The number of hydrogen-bond acceptors (Lipinski definition) is 1. The first-order valence-corrected chi connectivity index (χ1v) is 6.79. The van der Waals surface area contributed by atoms with Gasteiger partial charge < -0.3 is 5.32 Å². The molecule has 0 aliphatic carbocycles. The molecule has 0 bridgehead atoms. The summed E-state index contributed by atoms with van der Waals surface area (Å²) >= 11 is 0. The molecule has 0 aromatic rings. The van der Waals surface area contributed by atoms with Gasteiger partial charge in [0.1, 0.15) is 0 Å². The Kier molecular flexibility index (Phi) is 5.98. The predicted octanol–water partition coefficient (Wildman–Crippen LogP) is 3.87. The maximum atomic E-state index is 11.8. The van der Waals surface area contributed by atoms with Crippen molar-refractivity contribution < 1.29 is 4.79 Å². The number of carbonyl (C=O) groups excluding carboxylic acids is 1. The topological polar surface area (TPSA) is 29.1 Å². The zero-order chi connectivity index (χ0) is 15.1. The largest absolute Gasteiger partial charge is 0.345 e. The van der Waals surface area contributed by atoms with Crippen LogP contribution in [0.5, 0.6) is 0 Å². The second kappa shape index (κ2) is 7.49. The van der Waals surface area contributed by atoms with Gasteiger partial charge in [-0.1, -0.05) is 48.6 Å². The van der Waals surface area contributed by atoms with Crippen molar-refractivity contribution in [1.29, 1.82) is 0 Å². The highest BCUT2D eigenvalue weighted by molar-refractivity contribution is 5.90. The third-order valence-electron chi connectivity index (χ3n) is 3.41. The van der Waals surface area contributed by atoms with E-state index in [9.17, 15) is 4.79 Å². The van der Waals surface area contributed by atoms with E-state index in [0.29, 0.717) is 0 Å². The third kappa shape index (κ3) is 3.70. The van der Waals surface area contributed by atoms with Crippen LogP contribution in [0.4, 0.5) is 0 Å². The molecule has 1 aliphatic heterocycles. The third-order valence-corrected chi connectivity index (χ3v) is 3.41. The molecule has 2 atom stereocenters. The number of amides is 1. The fraction of sp³-hybridized carbons (Fsp3) is 0.278. The lowest BCUT2D eigenvalue weighted by atomic mass is 9.82. The molecule has 0 spiro atoms. The van der Waals surface area contributed by atoms with Crippen molar-refractivity contribution in [3.63, 3.8) is 0 Å². The molecule has 1 rings (SSSR count). The summed E-state index contributed by atoms with van der Waals surface area (Å²) in [7, 11) is 0. The van der Waals surface area contributed by atoms with Crippen molar-refractivity contribution in [2.75, 3.05) is 0 Å². The fourth-order valence-corrected chi connectivity index (χ4v) is 2.44. The average molecular weight is 269 g/mol. The summed E-state index contributed by atoms with van der Waals surface area (Å²) in [6.07, 6.45) is 13.2. The van der Waals surface area contributed by atoms with E-state index in [-0.39, 0.29) is 17.9 Å². The zero-order valence-electron chi connectivity index (χ0n) is 12.5. The van der Waals surface area contributed by atoms with Crippen LogP contribution in [0.1, 0.15) is 20.8 Å². The summed E-state index contributed by atoms with van der Waals surface area (Å²) < 4.78 is 0. The summed E-state index contributed by atoms with van der Waals surface area (Å²) in [4.78, 5) is 11.8. The van der Waals surface area contributed by atoms with Crippen LogP contribution >= 0.6 is 0 Å². The Morgan fingerprint density at radius 3 is 2.60 bits per heavy atom. The number of nitrogens with one attached hydrogen (secondary N) is 1. The van der Waals surface area contributed by atoms with Crippen molar-refractivity contribution in [1.82, 2.24) is 5.32 Å². The molecule has 2 nitrogen and oxygen atoms in total. The summed E-state index contributed by atoms with van der Waals surface area (Å²) in [5.41, 5.74) is 3.23. The van der Waals surface area contributed by atoms with Gasteiger partial charge in [0.2, 0.25) is 5.91 Å². The molecule has 106 valence electrons. The number of rotatable bonds is 5. The van der Waals surface area contributed by atoms with E-state index >= 15 is 0 Å². The van der Waals surface area contributed by atoms with Gasteiger partial charge in [0.15, 0.2) is 0 Å². The molecule has 2 unspecified atom stereocenters. The lowest BCUT2D eigenvalue weighted by Crippen LogP contribution is -2.44. The van der Waals surface area contributed by atoms with Gasteiger partial charge in [0.25, 0.3) is 0 Å². The second-order valence-corrected chi connectivity index (χ2v) is 4.87. The Balaban J connectivity index is 3.32. The molecule has 1 N–H and O–H groups in total. The number of hydrogen-bond donors (Lipinski definition) is 1. The molecule has 1 aliphatic rings. The molecule has 2 heteroatoms. The van der Waals surface area contributed by atoms with Crippen molar-refractivity contribution >= 4 is 5.91 Å². The van der Waals surface area contributed by atoms with Gasteiger partial charge in [-0.25, -0.2) is 0 Å². The first kappa shape index (κ1) is 16.0. The Bertz CT molecular complexity index is 518. The van der Waals surface area contributed by atoms with Crippen LogP contribution in [0.2, 0.25) is 0 Å². The van der Waals surface area contributed by atoms with E-state index < -0.39 is 0 Å². The van der Waals surface area contributed by atoms with Crippen LogP contribution in [-0.4, -0.2) is 11.9 Å². The van der Waals surface area contributed by atoms with E-state index in [0.717, 1.165) is 16.7 Å². The maximum absolute atomic E-state index is 11.8.